The van der Waals surface area contributed by atoms with Crippen LogP contribution in [0, 0.1) is 5.92 Å². The molecule has 116 valence electrons. The minimum atomic E-state index is -2.95. The van der Waals surface area contributed by atoms with Crippen LogP contribution in [-0.4, -0.2) is 54.3 Å². The van der Waals surface area contributed by atoms with E-state index in [4.69, 9.17) is 5.11 Å². The maximum absolute atomic E-state index is 11.7. The molecule has 0 bridgehead atoms. The zero-order chi connectivity index (χ0) is 14.8. The summed E-state index contributed by atoms with van der Waals surface area (Å²) < 4.78 is 23.3. The second-order valence-electron chi connectivity index (χ2n) is 6.10. The minimum Gasteiger partial charge on any atom is -0.481 e. The van der Waals surface area contributed by atoms with E-state index in [9.17, 15) is 18.3 Å². The van der Waals surface area contributed by atoms with Crippen molar-refractivity contribution in [2.24, 2.45) is 5.92 Å². The Kier molecular flexibility index (Phi) is 4.71. The highest BCUT2D eigenvalue weighted by Gasteiger charge is 2.36. The summed E-state index contributed by atoms with van der Waals surface area (Å²) in [6.45, 7) is 0.721. The Morgan fingerprint density at radius 3 is 2.40 bits per heavy atom. The molecule has 1 heterocycles. The first-order valence-corrected chi connectivity index (χ1v) is 8.91. The number of aliphatic carboxylic acids is 1. The predicted molar refractivity (Wildman–Crippen MR) is 74.2 cm³/mol. The Morgan fingerprint density at radius 1 is 1.25 bits per heavy atom. The van der Waals surface area contributed by atoms with Gasteiger partial charge in [-0.2, -0.15) is 0 Å². The van der Waals surface area contributed by atoms with E-state index in [1.165, 1.54) is 0 Å². The molecule has 20 heavy (non-hydrogen) atoms. The number of carbonyl (C=O) groups is 1. The molecule has 0 radical (unpaired) electrons. The smallest absolute Gasteiger partial charge is 0.306 e. The summed E-state index contributed by atoms with van der Waals surface area (Å²) in [5, 5.41) is 22.0. The Bertz CT molecular complexity index is 453. The number of carboxylic acid groups (broad SMARTS) is 1. The maximum Gasteiger partial charge on any atom is 0.306 e. The van der Waals surface area contributed by atoms with Crippen LogP contribution in [0.15, 0.2) is 0 Å². The summed E-state index contributed by atoms with van der Waals surface area (Å²) in [5.41, 5.74) is -0.895. The molecule has 2 fully saturated rings. The Balaban J connectivity index is 1.76. The lowest BCUT2D eigenvalue weighted by Gasteiger charge is -2.35. The molecule has 1 saturated heterocycles. The highest BCUT2D eigenvalue weighted by atomic mass is 32.2. The van der Waals surface area contributed by atoms with Crippen molar-refractivity contribution in [1.82, 2.24) is 5.32 Å². The van der Waals surface area contributed by atoms with Crippen LogP contribution in [0.1, 0.15) is 38.5 Å². The van der Waals surface area contributed by atoms with Gasteiger partial charge in [-0.05, 0) is 38.5 Å². The van der Waals surface area contributed by atoms with Crippen molar-refractivity contribution in [3.05, 3.63) is 0 Å². The second kappa shape index (κ2) is 5.99. The van der Waals surface area contributed by atoms with Crippen LogP contribution in [0.5, 0.6) is 0 Å². The summed E-state index contributed by atoms with van der Waals surface area (Å²) in [4.78, 5) is 10.9. The average molecular weight is 305 g/mol. The van der Waals surface area contributed by atoms with Crippen molar-refractivity contribution in [3.8, 4) is 0 Å². The quantitative estimate of drug-likeness (QED) is 0.668. The number of sulfone groups is 1. The van der Waals surface area contributed by atoms with E-state index in [-0.39, 0.29) is 16.9 Å². The number of aliphatic hydroxyl groups is 1. The van der Waals surface area contributed by atoms with Crippen LogP contribution in [0.4, 0.5) is 0 Å². The van der Waals surface area contributed by atoms with Gasteiger partial charge in [0, 0.05) is 13.1 Å². The van der Waals surface area contributed by atoms with Gasteiger partial charge < -0.3 is 15.5 Å². The van der Waals surface area contributed by atoms with Gasteiger partial charge in [-0.1, -0.05) is 0 Å². The van der Waals surface area contributed by atoms with E-state index < -0.39 is 21.4 Å². The molecule has 0 amide bonds. The van der Waals surface area contributed by atoms with Gasteiger partial charge >= 0.3 is 5.97 Å². The van der Waals surface area contributed by atoms with E-state index in [0.29, 0.717) is 45.2 Å². The van der Waals surface area contributed by atoms with E-state index in [0.717, 1.165) is 6.42 Å². The SMILES string of the molecule is O=C(O)C1CCC(O)(CNCC2CCCS2(=O)=O)CC1. The molecule has 2 aliphatic rings. The second-order valence-corrected chi connectivity index (χ2v) is 8.50. The maximum atomic E-state index is 11.7. The number of rotatable bonds is 5. The Hall–Kier alpha value is -0.660. The van der Waals surface area contributed by atoms with Crippen LogP contribution in [0.3, 0.4) is 0 Å². The third-order valence-electron chi connectivity index (χ3n) is 4.55. The van der Waals surface area contributed by atoms with E-state index in [2.05, 4.69) is 5.32 Å². The van der Waals surface area contributed by atoms with Crippen LogP contribution >= 0.6 is 0 Å². The molecule has 1 aliphatic carbocycles. The fraction of sp³-hybridized carbons (Fsp3) is 0.923. The molecular weight excluding hydrogens is 282 g/mol. The molecule has 1 unspecified atom stereocenters. The van der Waals surface area contributed by atoms with Gasteiger partial charge in [-0.25, -0.2) is 8.42 Å². The normalized spacial score (nSPS) is 36.9. The van der Waals surface area contributed by atoms with Gasteiger partial charge in [-0.3, -0.25) is 4.79 Å². The summed E-state index contributed by atoms with van der Waals surface area (Å²) in [6, 6.07) is 0. The zero-order valence-corrected chi connectivity index (χ0v) is 12.4. The predicted octanol–water partition coefficient (Wildman–Crippen LogP) is 0.159. The minimum absolute atomic E-state index is 0.268. The van der Waals surface area contributed by atoms with Crippen molar-refractivity contribution in [2.45, 2.75) is 49.4 Å². The third-order valence-corrected chi connectivity index (χ3v) is 6.83. The Morgan fingerprint density at radius 2 is 1.90 bits per heavy atom. The van der Waals surface area contributed by atoms with E-state index >= 15 is 0 Å². The van der Waals surface area contributed by atoms with Crippen LogP contribution in [0.25, 0.3) is 0 Å². The largest absolute Gasteiger partial charge is 0.481 e. The molecule has 2 rings (SSSR count). The standard InChI is InChI=1S/C13H23NO5S/c15-12(16)10-3-5-13(17,6-4-10)9-14-8-11-2-1-7-20(11,18)19/h10-11,14,17H,1-9H2,(H,15,16). The van der Waals surface area contributed by atoms with Crippen molar-refractivity contribution >= 4 is 15.8 Å². The lowest BCUT2D eigenvalue weighted by molar-refractivity contribution is -0.144. The topological polar surface area (TPSA) is 104 Å². The first-order valence-electron chi connectivity index (χ1n) is 7.20. The average Bonchev–Trinajstić information content (AvgIpc) is 2.69. The number of hydrogen-bond acceptors (Lipinski definition) is 5. The summed E-state index contributed by atoms with van der Waals surface area (Å²) in [6.07, 6.45) is 3.28. The van der Waals surface area contributed by atoms with Crippen molar-refractivity contribution < 1.29 is 23.4 Å². The fourth-order valence-electron chi connectivity index (χ4n) is 3.13. The Labute approximate surface area is 119 Å². The van der Waals surface area contributed by atoms with Gasteiger partial charge in [0.25, 0.3) is 0 Å². The van der Waals surface area contributed by atoms with Crippen molar-refractivity contribution in [1.29, 1.82) is 0 Å². The molecule has 0 aromatic rings. The summed E-state index contributed by atoms with van der Waals surface area (Å²) in [5.74, 6) is -0.883. The van der Waals surface area contributed by atoms with Crippen LogP contribution in [0.2, 0.25) is 0 Å². The van der Waals surface area contributed by atoms with Gasteiger partial charge in [0.2, 0.25) is 0 Å². The highest BCUT2D eigenvalue weighted by Crippen LogP contribution is 2.32. The monoisotopic (exact) mass is 305 g/mol. The summed E-state index contributed by atoms with van der Waals surface area (Å²) in [7, 11) is -2.95. The third kappa shape index (κ3) is 3.71. The van der Waals surface area contributed by atoms with Gasteiger partial charge in [0.05, 0.1) is 22.5 Å². The first-order chi connectivity index (χ1) is 9.32. The van der Waals surface area contributed by atoms with Crippen LogP contribution < -0.4 is 5.32 Å². The molecule has 0 spiro atoms. The number of carboxylic acids is 1. The van der Waals surface area contributed by atoms with E-state index in [1.54, 1.807) is 0 Å². The lowest BCUT2D eigenvalue weighted by atomic mass is 9.79. The highest BCUT2D eigenvalue weighted by molar-refractivity contribution is 7.92. The van der Waals surface area contributed by atoms with E-state index in [1.807, 2.05) is 0 Å². The van der Waals surface area contributed by atoms with Gasteiger partial charge in [-0.15, -0.1) is 0 Å². The van der Waals surface area contributed by atoms with Crippen molar-refractivity contribution in [2.75, 3.05) is 18.8 Å². The number of nitrogens with one attached hydrogen (secondary N) is 1. The molecule has 1 atom stereocenters. The fourth-order valence-corrected chi connectivity index (χ4v) is 4.93. The zero-order valence-electron chi connectivity index (χ0n) is 11.5. The number of hydrogen-bond donors (Lipinski definition) is 3. The van der Waals surface area contributed by atoms with Crippen LogP contribution in [-0.2, 0) is 14.6 Å². The lowest BCUT2D eigenvalue weighted by Crippen LogP contribution is -2.46. The van der Waals surface area contributed by atoms with Gasteiger partial charge in [0.15, 0.2) is 9.84 Å². The molecule has 7 heteroatoms. The molecule has 6 nitrogen and oxygen atoms in total. The molecule has 3 N–H and O–H groups in total. The molecule has 0 aromatic carbocycles. The first kappa shape index (κ1) is 15.7. The van der Waals surface area contributed by atoms with Crippen molar-refractivity contribution in [3.63, 3.8) is 0 Å². The molecule has 1 saturated carbocycles. The van der Waals surface area contributed by atoms with Gasteiger partial charge in [0.1, 0.15) is 0 Å². The molecule has 1 aliphatic heterocycles. The molecular formula is C13H23NO5S. The summed E-state index contributed by atoms with van der Waals surface area (Å²) >= 11 is 0. The molecule has 0 aromatic heterocycles.